The maximum Gasteiger partial charge on any atom is 0.319 e. The smallest absolute Gasteiger partial charge is 0.319 e. The zero-order valence-electron chi connectivity index (χ0n) is 27.9. The van der Waals surface area contributed by atoms with E-state index in [0.717, 1.165) is 77.1 Å². The van der Waals surface area contributed by atoms with Crippen molar-refractivity contribution in [2.45, 2.75) is 63.1 Å². The summed E-state index contributed by atoms with van der Waals surface area (Å²) in [4.78, 5) is 28.5. The van der Waals surface area contributed by atoms with Crippen LogP contribution in [0.4, 0.5) is 10.2 Å². The van der Waals surface area contributed by atoms with Crippen molar-refractivity contribution >= 4 is 45.0 Å². The first kappa shape index (κ1) is 33.1. The van der Waals surface area contributed by atoms with Gasteiger partial charge in [-0.2, -0.15) is 15.2 Å². The molecular formula is C38H40ClFN6O3. The summed E-state index contributed by atoms with van der Waals surface area (Å²) in [6.45, 7) is 4.61. The average molecular weight is 683 g/mol. The van der Waals surface area contributed by atoms with Crippen molar-refractivity contribution in [3.05, 3.63) is 65.5 Å². The minimum absolute atomic E-state index is 0.0368. The van der Waals surface area contributed by atoms with E-state index in [1.165, 1.54) is 4.90 Å². The molecule has 2 fully saturated rings. The minimum atomic E-state index is -1.04. The molecule has 2 aliphatic heterocycles. The zero-order valence-corrected chi connectivity index (χ0v) is 28.7. The highest BCUT2D eigenvalue weighted by Crippen LogP contribution is 2.46. The number of ether oxygens (including phenoxy) is 2. The first-order valence-electron chi connectivity index (χ1n) is 17.0. The monoisotopic (exact) mass is 682 g/mol. The van der Waals surface area contributed by atoms with Crippen LogP contribution in [-0.2, 0) is 11.2 Å². The van der Waals surface area contributed by atoms with Crippen LogP contribution in [0.15, 0.2) is 54.9 Å². The van der Waals surface area contributed by atoms with Gasteiger partial charge in [0, 0.05) is 41.6 Å². The van der Waals surface area contributed by atoms with Crippen LogP contribution in [-0.4, -0.2) is 84.2 Å². The molecule has 4 aromatic rings. The molecule has 11 heteroatoms. The summed E-state index contributed by atoms with van der Waals surface area (Å²) in [5.41, 5.74) is 3.73. The molecular weight excluding hydrogens is 643 g/mol. The Hall–Kier alpha value is -4.46. The van der Waals surface area contributed by atoms with Crippen LogP contribution in [0.2, 0.25) is 5.02 Å². The molecule has 1 aliphatic carbocycles. The van der Waals surface area contributed by atoms with Gasteiger partial charge in [0.2, 0.25) is 0 Å². The lowest BCUT2D eigenvalue weighted by Gasteiger charge is -2.41. The first-order chi connectivity index (χ1) is 23.7. The van der Waals surface area contributed by atoms with Gasteiger partial charge in [0.15, 0.2) is 5.83 Å². The van der Waals surface area contributed by atoms with Crippen LogP contribution in [0.3, 0.4) is 0 Å². The Morgan fingerprint density at radius 3 is 2.69 bits per heavy atom. The van der Waals surface area contributed by atoms with Gasteiger partial charge in [-0.15, -0.1) is 0 Å². The molecule has 0 unspecified atom stereocenters. The van der Waals surface area contributed by atoms with Gasteiger partial charge >= 0.3 is 6.01 Å². The Balaban J connectivity index is 1.42. The number of hydrogen-bond donors (Lipinski definition) is 0. The number of nitriles is 1. The summed E-state index contributed by atoms with van der Waals surface area (Å²) in [5.74, 6) is -0.485. The van der Waals surface area contributed by atoms with Crippen molar-refractivity contribution in [1.29, 1.82) is 5.26 Å². The summed E-state index contributed by atoms with van der Waals surface area (Å²) < 4.78 is 27.2. The molecule has 1 saturated carbocycles. The van der Waals surface area contributed by atoms with E-state index in [1.54, 1.807) is 0 Å². The summed E-state index contributed by atoms with van der Waals surface area (Å²) >= 11 is 6.84. The second-order valence-electron chi connectivity index (χ2n) is 13.4. The number of fused-ring (bicyclic) bond motifs is 4. The van der Waals surface area contributed by atoms with Crippen LogP contribution in [0.25, 0.3) is 32.8 Å². The normalized spacial score (nSPS) is 20.9. The lowest BCUT2D eigenvalue weighted by atomic mass is 9.89. The van der Waals surface area contributed by atoms with E-state index < -0.39 is 17.8 Å². The molecule has 1 aromatic heterocycles. The van der Waals surface area contributed by atoms with Crippen LogP contribution in [0, 0.1) is 11.3 Å². The number of amides is 1. The van der Waals surface area contributed by atoms with E-state index in [9.17, 15) is 14.4 Å². The number of carbonyl (C=O) groups excluding carboxylic acids is 1. The van der Waals surface area contributed by atoms with Crippen LogP contribution in [0.1, 0.15) is 44.1 Å². The lowest BCUT2D eigenvalue weighted by molar-refractivity contribution is -0.131. The Bertz CT molecular complexity index is 1970. The molecule has 1 amide bonds. The molecule has 0 spiro atoms. The third-order valence-electron chi connectivity index (χ3n) is 10.2. The fraction of sp³-hybridized carbons (Fsp3) is 0.421. The van der Waals surface area contributed by atoms with Gasteiger partial charge in [-0.05, 0) is 74.8 Å². The predicted octanol–water partition coefficient (Wildman–Crippen LogP) is 7.09. The van der Waals surface area contributed by atoms with Crippen molar-refractivity contribution < 1.29 is 18.7 Å². The molecule has 0 N–H and O–H groups in total. The number of nitrogens with zero attached hydrogens (tertiary/aromatic N) is 6. The highest BCUT2D eigenvalue weighted by atomic mass is 35.5. The molecule has 3 atom stereocenters. The maximum atomic E-state index is 14.0. The van der Waals surface area contributed by atoms with Gasteiger partial charge in [-0.3, -0.25) is 4.79 Å². The van der Waals surface area contributed by atoms with Crippen LogP contribution >= 0.6 is 11.6 Å². The number of likely N-dealkylation sites (N-methyl/N-ethyl adjacent to an activating group) is 1. The molecule has 0 bridgehead atoms. The number of piperazine rings is 1. The van der Waals surface area contributed by atoms with Crippen molar-refractivity contribution in [2.24, 2.45) is 0 Å². The Morgan fingerprint density at radius 2 is 1.92 bits per heavy atom. The highest BCUT2D eigenvalue weighted by molar-refractivity contribution is 6.36. The standard InChI is InChI=1S/C38H40ClFN6O3/c1-23(40)37(47)46-19-18-45(22-25(46)16-17-41)36-34-30(42-38(43-36)49-32-15-5-4-14-31(32)44(2)3)21-28(27-12-8-20-48-35(27)34)26-11-6-9-24-10-7-13-29(39)33(24)26/h6-7,9-11,13,21,25,31-32H,1,4-5,8,12,14-16,18-20,22H2,2-3H3/t25-,31+,32+/m0/s1. The number of hydrogen-bond acceptors (Lipinski definition) is 8. The van der Waals surface area contributed by atoms with E-state index in [2.05, 4.69) is 60.8 Å². The number of carbonyl (C=O) groups is 1. The highest BCUT2D eigenvalue weighted by Gasteiger charge is 2.36. The van der Waals surface area contributed by atoms with Gasteiger partial charge < -0.3 is 24.2 Å². The number of benzene rings is 3. The molecule has 1 saturated heterocycles. The fourth-order valence-electron chi connectivity index (χ4n) is 7.83. The van der Waals surface area contributed by atoms with Crippen molar-refractivity contribution in [3.63, 3.8) is 0 Å². The Labute approximate surface area is 290 Å². The fourth-order valence-corrected chi connectivity index (χ4v) is 8.11. The van der Waals surface area contributed by atoms with Crippen molar-refractivity contribution in [1.82, 2.24) is 19.8 Å². The molecule has 3 aromatic carbocycles. The van der Waals surface area contributed by atoms with E-state index >= 15 is 0 Å². The molecule has 7 rings (SSSR count). The lowest BCUT2D eigenvalue weighted by Crippen LogP contribution is -2.55. The molecule has 49 heavy (non-hydrogen) atoms. The Morgan fingerprint density at radius 1 is 1.12 bits per heavy atom. The second-order valence-corrected chi connectivity index (χ2v) is 13.8. The third-order valence-corrected chi connectivity index (χ3v) is 10.5. The quantitative estimate of drug-likeness (QED) is 0.191. The van der Waals surface area contributed by atoms with Crippen molar-refractivity contribution in [2.75, 3.05) is 45.2 Å². The van der Waals surface area contributed by atoms with E-state index in [1.807, 2.05) is 18.2 Å². The number of rotatable bonds is 7. The predicted molar refractivity (Wildman–Crippen MR) is 190 cm³/mol. The summed E-state index contributed by atoms with van der Waals surface area (Å²) in [7, 11) is 4.15. The number of anilines is 1. The Kier molecular flexibility index (Phi) is 9.32. The van der Waals surface area contributed by atoms with Gasteiger partial charge in [-0.25, -0.2) is 4.39 Å². The van der Waals surface area contributed by atoms with E-state index in [-0.39, 0.29) is 37.7 Å². The maximum absolute atomic E-state index is 14.0. The van der Waals surface area contributed by atoms with E-state index in [4.69, 9.17) is 31.0 Å². The molecule has 3 heterocycles. The number of halogens is 2. The molecule has 254 valence electrons. The first-order valence-corrected chi connectivity index (χ1v) is 17.4. The average Bonchev–Trinajstić information content (AvgIpc) is 3.10. The zero-order chi connectivity index (χ0) is 34.2. The largest absolute Gasteiger partial charge is 0.492 e. The molecule has 9 nitrogen and oxygen atoms in total. The van der Waals surface area contributed by atoms with Gasteiger partial charge in [0.25, 0.3) is 5.91 Å². The van der Waals surface area contributed by atoms with Crippen LogP contribution < -0.4 is 14.4 Å². The summed E-state index contributed by atoms with van der Waals surface area (Å²) in [6.07, 6.45) is 5.72. The van der Waals surface area contributed by atoms with Gasteiger partial charge in [0.1, 0.15) is 17.7 Å². The van der Waals surface area contributed by atoms with Gasteiger partial charge in [0.05, 0.1) is 36.0 Å². The molecule has 0 radical (unpaired) electrons. The van der Waals surface area contributed by atoms with Crippen molar-refractivity contribution in [3.8, 4) is 29.0 Å². The van der Waals surface area contributed by atoms with Crippen LogP contribution in [0.5, 0.6) is 11.8 Å². The summed E-state index contributed by atoms with van der Waals surface area (Å²) in [6, 6.07) is 16.3. The SMILES string of the molecule is C=C(F)C(=O)N1CCN(c2nc(O[C@@H]3CCCC[C@H]3N(C)C)nc3cc(-c4cccc5cccc(Cl)c45)c4c(c23)OCCC4)C[C@@H]1CC#N. The second kappa shape index (κ2) is 13.8. The molecule has 3 aliphatic rings. The number of aromatic nitrogens is 2. The van der Waals surface area contributed by atoms with E-state index in [0.29, 0.717) is 29.5 Å². The third kappa shape index (κ3) is 6.26. The minimum Gasteiger partial charge on any atom is -0.492 e. The summed E-state index contributed by atoms with van der Waals surface area (Å²) in [5, 5.41) is 13.1. The topological polar surface area (TPSA) is 94.8 Å². The van der Waals surface area contributed by atoms with Gasteiger partial charge in [-0.1, -0.05) is 54.9 Å².